The molecule has 0 radical (unpaired) electrons. The second-order valence-corrected chi connectivity index (χ2v) is 38.5. The Balaban J connectivity index is 0.000000125. The summed E-state index contributed by atoms with van der Waals surface area (Å²) in [6, 6.07) is 157. The Morgan fingerprint density at radius 3 is 0.893 bits per heavy atom. The zero-order valence-corrected chi connectivity index (χ0v) is 79.2. The van der Waals surface area contributed by atoms with Crippen molar-refractivity contribution in [2.45, 2.75) is 38.9 Å². The van der Waals surface area contributed by atoms with Crippen molar-refractivity contribution in [2.24, 2.45) is 0 Å². The van der Waals surface area contributed by atoms with Crippen molar-refractivity contribution in [1.29, 1.82) is 0 Å². The average Bonchev–Trinajstić information content (AvgIpc) is 1.59. The van der Waals surface area contributed by atoms with E-state index in [1.807, 2.05) is 132 Å². The summed E-state index contributed by atoms with van der Waals surface area (Å²) in [6.07, 6.45) is 0. The zero-order valence-electron chi connectivity index (χ0n) is 76.8. The molecule has 14 heteroatoms. The molecule has 0 saturated carbocycles. The van der Waals surface area contributed by atoms with Gasteiger partial charge in [0.1, 0.15) is 22.3 Å². The summed E-state index contributed by atoms with van der Waals surface area (Å²) in [6.45, 7) is 8.39. The number of hydrogen-bond acceptors (Lipinski definition) is 12. The number of aromatic nitrogens is 6. The molecule has 6 aromatic heterocycles. The van der Waals surface area contributed by atoms with Gasteiger partial charge in [0, 0.05) is 101 Å². The van der Waals surface area contributed by atoms with E-state index in [9.17, 15) is 0 Å². The Bertz CT molecular complexity index is 8990. The minimum absolute atomic E-state index is 0.147. The first-order chi connectivity index (χ1) is 68.8. The molecule has 1 saturated heterocycles. The van der Waals surface area contributed by atoms with E-state index in [0.29, 0.717) is 29.1 Å². The van der Waals surface area contributed by atoms with Crippen molar-refractivity contribution in [1.82, 2.24) is 29.9 Å². The van der Waals surface area contributed by atoms with Crippen LogP contribution in [0.2, 0.25) is 5.28 Å². The Hall–Kier alpha value is -16.5. The van der Waals surface area contributed by atoms with Gasteiger partial charge in [-0.2, -0.15) is 9.97 Å². The van der Waals surface area contributed by atoms with E-state index in [1.54, 1.807) is 0 Å². The van der Waals surface area contributed by atoms with Gasteiger partial charge in [0.25, 0.3) is 0 Å². The van der Waals surface area contributed by atoms with Gasteiger partial charge in [-0.15, -0.1) is 22.7 Å². The highest BCUT2D eigenvalue weighted by Gasteiger charge is 2.52. The van der Waals surface area contributed by atoms with E-state index in [2.05, 4.69) is 377 Å². The highest BCUT2D eigenvalue weighted by Crippen LogP contribution is 2.51. The number of halogens is 1. The fourth-order valence-electron chi connectivity index (χ4n) is 19.3. The standard InChI is InChI=1S/C63H39N3OS.C33H20ClN3O.C30H27BO2S/c1-6-19-40(20-7-1)45-35-47(50-30-17-32-52-51-31-16-29-49(59(51)68-60(50)52)42-23-10-3-11-24-42)37-48(36-45)62-64-61(44-27-14-5-15-28-44)65-63(66-62)53-33-18-34-56-57(53)55-39-46(41-21-8-2-9-22-41)38-54(58(55)67-56)43-25-12-4-13-26-43;34-33-36-31(23-15-8-3-9-16-23)35-32(37-33)25-17-10-18-28-29(25)27-20-24(21-11-4-1-5-12-21)19-26(30(27)38-28)22-13-6-2-7-14-22;1-29(2)30(3,4)33-31(32-29)22-14-8-13-21(19-22)24-16-10-18-26-25-17-9-15-23(27(25)34-28(24)26)20-11-6-5-7-12-20/h1-39H;1-20H;5-19H,1-4H3. The summed E-state index contributed by atoms with van der Waals surface area (Å²) < 4.78 is 31.2. The molecule has 10 nitrogen and oxygen atoms in total. The maximum absolute atomic E-state index is 6.87. The van der Waals surface area contributed by atoms with Crippen molar-refractivity contribution in [3.63, 3.8) is 0 Å². The zero-order chi connectivity index (χ0) is 93.9. The molecule has 7 heterocycles. The van der Waals surface area contributed by atoms with Gasteiger partial charge < -0.3 is 18.1 Å². The Kier molecular flexibility index (Phi) is 22.5. The van der Waals surface area contributed by atoms with Gasteiger partial charge in [0.05, 0.1) is 11.2 Å². The molecule has 1 aliphatic rings. The lowest BCUT2D eigenvalue weighted by Crippen LogP contribution is -2.41. The first-order valence-corrected chi connectivity index (χ1v) is 49.0. The number of benzene rings is 19. The molecule has 0 bridgehead atoms. The van der Waals surface area contributed by atoms with Crippen LogP contribution in [0.15, 0.2) is 458 Å². The predicted molar refractivity (Wildman–Crippen MR) is 583 cm³/mol. The van der Waals surface area contributed by atoms with Gasteiger partial charge in [-0.25, -0.2) is 19.9 Å². The molecule has 0 spiro atoms. The molecule has 0 aliphatic carbocycles. The number of rotatable bonds is 15. The molecule has 140 heavy (non-hydrogen) atoms. The monoisotopic (exact) mass is 1860 g/mol. The van der Waals surface area contributed by atoms with Crippen LogP contribution in [-0.2, 0) is 9.31 Å². The number of furan rings is 2. The number of thiophene rings is 2. The second-order valence-electron chi connectivity index (χ2n) is 36.2. The fraction of sp³-hybridized carbons (Fsp3) is 0.0476. The third kappa shape index (κ3) is 16.4. The van der Waals surface area contributed by atoms with Crippen LogP contribution < -0.4 is 5.46 Å². The quantitative estimate of drug-likeness (QED) is 0.0917. The van der Waals surface area contributed by atoms with Crippen LogP contribution in [0.3, 0.4) is 0 Å². The third-order valence-corrected chi connectivity index (χ3v) is 29.7. The highest BCUT2D eigenvalue weighted by molar-refractivity contribution is 7.27. The molecule has 19 aromatic carbocycles. The van der Waals surface area contributed by atoms with Gasteiger partial charge in [-0.05, 0) is 188 Å². The topological polar surface area (TPSA) is 122 Å². The van der Waals surface area contributed by atoms with Crippen molar-refractivity contribution in [2.75, 3.05) is 0 Å². The lowest BCUT2D eigenvalue weighted by Gasteiger charge is -2.32. The van der Waals surface area contributed by atoms with Crippen LogP contribution in [0.5, 0.6) is 0 Å². The molecule has 666 valence electrons. The number of nitrogens with zero attached hydrogens (tertiary/aromatic N) is 6. The largest absolute Gasteiger partial charge is 0.494 e. The summed E-state index contributed by atoms with van der Waals surface area (Å²) in [5.41, 5.74) is 28.5. The van der Waals surface area contributed by atoms with Crippen LogP contribution >= 0.6 is 34.3 Å². The van der Waals surface area contributed by atoms with E-state index in [-0.39, 0.29) is 23.6 Å². The van der Waals surface area contributed by atoms with E-state index >= 15 is 0 Å². The third-order valence-electron chi connectivity index (χ3n) is 26.9. The molecular weight excluding hydrogens is 1770 g/mol. The van der Waals surface area contributed by atoms with Gasteiger partial charge in [0.15, 0.2) is 29.1 Å². The number of hydrogen-bond donors (Lipinski definition) is 0. The van der Waals surface area contributed by atoms with E-state index < -0.39 is 0 Å². The minimum Gasteiger partial charge on any atom is -0.455 e. The highest BCUT2D eigenvalue weighted by atomic mass is 35.5. The van der Waals surface area contributed by atoms with Crippen LogP contribution in [0.4, 0.5) is 0 Å². The predicted octanol–water partition coefficient (Wildman–Crippen LogP) is 34.3. The fourth-order valence-corrected chi connectivity index (χ4v) is 22.2. The SMILES string of the molecule is CC1(C)OB(c2cccc(-c3cccc4c3sc3c(-c5ccccc5)cccc34)c2)OC1(C)C.Clc1nc(-c2ccccc2)nc(-c2cccc3oc4c(-c5ccccc5)cc(-c5ccccc5)cc4c23)n1.c1ccc(-c2cc(-c3nc(-c4ccccc4)nc(-c4cccc5oc6c(-c7ccccc7)cc(-c7ccccc7)cc6c45)n3)cc(-c3cccc4c3sc3c(-c5ccccc5)cccc34)c2)cc1. The van der Waals surface area contributed by atoms with Crippen molar-refractivity contribution >= 4 is 131 Å². The van der Waals surface area contributed by atoms with Crippen molar-refractivity contribution in [3.8, 4) is 157 Å². The van der Waals surface area contributed by atoms with Crippen molar-refractivity contribution < 1.29 is 18.1 Å². The van der Waals surface area contributed by atoms with Gasteiger partial charge in [-0.3, -0.25) is 0 Å². The average molecular weight is 1860 g/mol. The van der Waals surface area contributed by atoms with Gasteiger partial charge >= 0.3 is 7.12 Å². The molecule has 1 fully saturated rings. The normalized spacial score (nSPS) is 12.8. The van der Waals surface area contributed by atoms with E-state index in [1.165, 1.54) is 73.7 Å². The minimum atomic E-state index is -0.365. The van der Waals surface area contributed by atoms with Crippen LogP contribution in [-0.4, -0.2) is 48.2 Å². The first kappa shape index (κ1) is 86.4. The molecule has 0 unspecified atom stereocenters. The van der Waals surface area contributed by atoms with Crippen LogP contribution in [0.1, 0.15) is 27.7 Å². The maximum atomic E-state index is 6.87. The number of fused-ring (bicyclic) bond motifs is 12. The first-order valence-electron chi connectivity index (χ1n) is 46.9. The molecule has 0 amide bonds. The molecule has 1 aliphatic heterocycles. The molecule has 0 N–H and O–H groups in total. The van der Waals surface area contributed by atoms with Gasteiger partial charge in [-0.1, -0.05) is 394 Å². The summed E-state index contributed by atoms with van der Waals surface area (Å²) in [4.78, 5) is 29.8. The summed E-state index contributed by atoms with van der Waals surface area (Å²) >= 11 is 10.2. The summed E-state index contributed by atoms with van der Waals surface area (Å²) in [7, 11) is -0.365. The summed E-state index contributed by atoms with van der Waals surface area (Å²) in [5, 5.41) is 9.16. The van der Waals surface area contributed by atoms with Crippen molar-refractivity contribution in [3.05, 3.63) is 454 Å². The molecule has 25 aromatic rings. The Morgan fingerprint density at radius 2 is 0.493 bits per heavy atom. The van der Waals surface area contributed by atoms with Crippen LogP contribution in [0, 0.1) is 0 Å². The Morgan fingerprint density at radius 1 is 0.214 bits per heavy atom. The summed E-state index contributed by atoms with van der Waals surface area (Å²) in [5.74, 6) is 2.78. The molecule has 26 rings (SSSR count). The smallest absolute Gasteiger partial charge is 0.455 e. The lowest BCUT2D eigenvalue weighted by atomic mass is 9.78. The maximum Gasteiger partial charge on any atom is 0.494 e. The van der Waals surface area contributed by atoms with Gasteiger partial charge in [0.2, 0.25) is 5.28 Å². The lowest BCUT2D eigenvalue weighted by molar-refractivity contribution is 0.00578. The van der Waals surface area contributed by atoms with E-state index in [4.69, 9.17) is 49.7 Å². The molecular formula is C126H86BClN6O4S2. The molecule has 0 atom stereocenters. The second kappa shape index (κ2) is 36.5. The van der Waals surface area contributed by atoms with Crippen LogP contribution in [0.25, 0.3) is 241 Å². The Labute approximate surface area is 823 Å². The van der Waals surface area contributed by atoms with E-state index in [0.717, 1.165) is 144 Å².